The zero-order chi connectivity index (χ0) is 15.8. The van der Waals surface area contributed by atoms with Gasteiger partial charge in [0.15, 0.2) is 6.10 Å². The lowest BCUT2D eigenvalue weighted by atomic mass is 10.00. The quantitative estimate of drug-likeness (QED) is 0.764. The van der Waals surface area contributed by atoms with Gasteiger partial charge in [0.05, 0.1) is 6.54 Å². The van der Waals surface area contributed by atoms with Crippen LogP contribution >= 0.6 is 0 Å². The van der Waals surface area contributed by atoms with Crippen LogP contribution in [0.5, 0.6) is 0 Å². The van der Waals surface area contributed by atoms with Gasteiger partial charge in [-0.2, -0.15) is 0 Å². The average molecular weight is 297 g/mol. The fourth-order valence-electron chi connectivity index (χ4n) is 1.84. The summed E-state index contributed by atoms with van der Waals surface area (Å²) < 4.78 is 18.2. The van der Waals surface area contributed by atoms with Gasteiger partial charge in [-0.3, -0.25) is 4.79 Å². The Kier molecular flexibility index (Phi) is 6.81. The lowest BCUT2D eigenvalue weighted by molar-refractivity contribution is -0.148. The molecule has 0 bridgehead atoms. The number of ether oxygens (including phenoxy) is 1. The maximum Gasteiger partial charge on any atom is 0.334 e. The predicted molar refractivity (Wildman–Crippen MR) is 75.3 cm³/mol. The standard InChI is InChI=1S/C15H20FNO4/c1-10(7-8-11-5-3-4-6-12(11)16)14(18)17-9-13(21-2)15(19)20/h3-6,10,13H,7-9H2,1-2H3,(H,17,18)(H,19,20). The molecule has 21 heavy (non-hydrogen) atoms. The van der Waals surface area contributed by atoms with Crippen molar-refractivity contribution in [3.8, 4) is 0 Å². The summed E-state index contributed by atoms with van der Waals surface area (Å²) >= 11 is 0. The normalized spacial score (nSPS) is 13.5. The third-order valence-corrected chi connectivity index (χ3v) is 3.27. The molecule has 5 nitrogen and oxygen atoms in total. The van der Waals surface area contributed by atoms with Gasteiger partial charge in [-0.15, -0.1) is 0 Å². The van der Waals surface area contributed by atoms with Crippen molar-refractivity contribution in [3.05, 3.63) is 35.6 Å². The van der Waals surface area contributed by atoms with Gasteiger partial charge in [-0.05, 0) is 24.5 Å². The van der Waals surface area contributed by atoms with Crippen LogP contribution in [0.25, 0.3) is 0 Å². The Labute approximate surface area is 123 Å². The first-order valence-electron chi connectivity index (χ1n) is 6.72. The van der Waals surface area contributed by atoms with Gasteiger partial charge in [0, 0.05) is 13.0 Å². The number of aliphatic carboxylic acids is 1. The van der Waals surface area contributed by atoms with Crippen LogP contribution in [0.4, 0.5) is 4.39 Å². The number of hydrogen-bond acceptors (Lipinski definition) is 3. The van der Waals surface area contributed by atoms with E-state index < -0.39 is 12.1 Å². The maximum atomic E-state index is 13.4. The summed E-state index contributed by atoms with van der Waals surface area (Å²) in [7, 11) is 1.27. The molecule has 0 fully saturated rings. The van der Waals surface area contributed by atoms with E-state index >= 15 is 0 Å². The lowest BCUT2D eigenvalue weighted by Crippen LogP contribution is -2.40. The summed E-state index contributed by atoms with van der Waals surface area (Å²) in [5.41, 5.74) is 0.567. The Morgan fingerprint density at radius 3 is 2.62 bits per heavy atom. The number of carbonyl (C=O) groups excluding carboxylic acids is 1. The van der Waals surface area contributed by atoms with E-state index in [-0.39, 0.29) is 24.2 Å². The first-order chi connectivity index (χ1) is 9.95. The highest BCUT2D eigenvalue weighted by Gasteiger charge is 2.19. The lowest BCUT2D eigenvalue weighted by Gasteiger charge is -2.15. The zero-order valence-corrected chi connectivity index (χ0v) is 12.1. The molecule has 0 spiro atoms. The van der Waals surface area contributed by atoms with Gasteiger partial charge >= 0.3 is 5.97 Å². The number of benzene rings is 1. The Balaban J connectivity index is 2.41. The van der Waals surface area contributed by atoms with Gasteiger partial charge < -0.3 is 15.2 Å². The SMILES string of the molecule is COC(CNC(=O)C(C)CCc1ccccc1F)C(=O)O. The van der Waals surface area contributed by atoms with Crippen molar-refractivity contribution in [2.45, 2.75) is 25.9 Å². The molecule has 2 unspecified atom stereocenters. The molecule has 1 aromatic carbocycles. The number of halogens is 1. The average Bonchev–Trinajstić information content (AvgIpc) is 2.46. The molecule has 1 amide bonds. The summed E-state index contributed by atoms with van der Waals surface area (Å²) in [6, 6.07) is 6.44. The number of carboxylic acid groups (broad SMARTS) is 1. The van der Waals surface area contributed by atoms with Gasteiger partial charge in [0.1, 0.15) is 5.82 Å². The second-order valence-corrected chi connectivity index (χ2v) is 4.84. The number of hydrogen-bond donors (Lipinski definition) is 2. The molecule has 0 heterocycles. The molecule has 0 aliphatic carbocycles. The molecule has 1 aromatic rings. The molecule has 2 atom stereocenters. The maximum absolute atomic E-state index is 13.4. The summed E-state index contributed by atoms with van der Waals surface area (Å²) in [4.78, 5) is 22.6. The van der Waals surface area contributed by atoms with Crippen molar-refractivity contribution in [1.82, 2.24) is 5.32 Å². The number of aryl methyl sites for hydroxylation is 1. The molecule has 0 aliphatic rings. The van der Waals surface area contributed by atoms with Gasteiger partial charge in [-0.1, -0.05) is 25.1 Å². The van der Waals surface area contributed by atoms with E-state index in [1.807, 2.05) is 0 Å². The highest BCUT2D eigenvalue weighted by Crippen LogP contribution is 2.13. The number of rotatable bonds is 8. The van der Waals surface area contributed by atoms with Gasteiger partial charge in [0.25, 0.3) is 0 Å². The third-order valence-electron chi connectivity index (χ3n) is 3.27. The van der Waals surface area contributed by atoms with Crippen LogP contribution in [-0.2, 0) is 20.7 Å². The van der Waals surface area contributed by atoms with E-state index in [4.69, 9.17) is 9.84 Å². The zero-order valence-electron chi connectivity index (χ0n) is 12.1. The van der Waals surface area contributed by atoms with Gasteiger partial charge in [-0.25, -0.2) is 9.18 Å². The minimum atomic E-state index is -1.13. The van der Waals surface area contributed by atoms with Crippen LogP contribution in [0, 0.1) is 11.7 Å². The second-order valence-electron chi connectivity index (χ2n) is 4.84. The molecular weight excluding hydrogens is 277 g/mol. The molecule has 0 aromatic heterocycles. The monoisotopic (exact) mass is 297 g/mol. The van der Waals surface area contributed by atoms with Crippen molar-refractivity contribution < 1.29 is 23.8 Å². The highest BCUT2D eigenvalue weighted by molar-refractivity contribution is 5.79. The summed E-state index contributed by atoms with van der Waals surface area (Å²) in [5.74, 6) is -2.02. The molecule has 0 saturated heterocycles. The smallest absolute Gasteiger partial charge is 0.334 e. The molecule has 0 saturated carbocycles. The Hall–Kier alpha value is -1.95. The third kappa shape index (κ3) is 5.51. The van der Waals surface area contributed by atoms with E-state index in [1.54, 1.807) is 25.1 Å². The predicted octanol–water partition coefficient (Wildman–Crippen LogP) is 1.61. The summed E-state index contributed by atoms with van der Waals surface area (Å²) in [5, 5.41) is 11.3. The van der Waals surface area contributed by atoms with Crippen molar-refractivity contribution in [1.29, 1.82) is 0 Å². The van der Waals surface area contributed by atoms with E-state index in [2.05, 4.69) is 5.32 Å². The molecule has 0 aliphatic heterocycles. The summed E-state index contributed by atoms with van der Waals surface area (Å²) in [6.45, 7) is 1.63. The minimum Gasteiger partial charge on any atom is -0.479 e. The van der Waals surface area contributed by atoms with E-state index in [9.17, 15) is 14.0 Å². The Morgan fingerprint density at radius 2 is 2.05 bits per heavy atom. The van der Waals surface area contributed by atoms with E-state index in [1.165, 1.54) is 13.2 Å². The number of nitrogens with one attached hydrogen (secondary N) is 1. The molecule has 0 radical (unpaired) electrons. The van der Waals surface area contributed by atoms with Crippen LogP contribution in [0.1, 0.15) is 18.9 Å². The minimum absolute atomic E-state index is 0.0886. The van der Waals surface area contributed by atoms with Crippen molar-refractivity contribution >= 4 is 11.9 Å². The fraction of sp³-hybridized carbons (Fsp3) is 0.467. The topological polar surface area (TPSA) is 75.6 Å². The molecule has 6 heteroatoms. The molecule has 116 valence electrons. The van der Waals surface area contributed by atoms with Crippen LogP contribution < -0.4 is 5.32 Å². The Morgan fingerprint density at radius 1 is 1.38 bits per heavy atom. The molecular formula is C15H20FNO4. The summed E-state index contributed by atoms with van der Waals surface area (Å²) in [6.07, 6.45) is -0.126. The highest BCUT2D eigenvalue weighted by atomic mass is 19.1. The van der Waals surface area contributed by atoms with Crippen molar-refractivity contribution in [3.63, 3.8) is 0 Å². The van der Waals surface area contributed by atoms with Crippen LogP contribution in [0.3, 0.4) is 0 Å². The fourth-order valence-corrected chi connectivity index (χ4v) is 1.84. The largest absolute Gasteiger partial charge is 0.479 e. The Bertz CT molecular complexity index is 492. The van der Waals surface area contributed by atoms with E-state index in [0.29, 0.717) is 18.4 Å². The molecule has 1 rings (SSSR count). The van der Waals surface area contributed by atoms with Crippen LogP contribution in [0.2, 0.25) is 0 Å². The molecule has 2 N–H and O–H groups in total. The van der Waals surface area contributed by atoms with Crippen molar-refractivity contribution in [2.24, 2.45) is 5.92 Å². The number of amides is 1. The van der Waals surface area contributed by atoms with Gasteiger partial charge in [0.2, 0.25) is 5.91 Å². The number of carbonyl (C=O) groups is 2. The van der Waals surface area contributed by atoms with Crippen molar-refractivity contribution in [2.75, 3.05) is 13.7 Å². The van der Waals surface area contributed by atoms with E-state index in [0.717, 1.165) is 0 Å². The number of carboxylic acids is 1. The second kappa shape index (κ2) is 8.36. The first-order valence-corrected chi connectivity index (χ1v) is 6.72. The van der Waals surface area contributed by atoms with Crippen LogP contribution in [0.15, 0.2) is 24.3 Å². The number of methoxy groups -OCH3 is 1. The van der Waals surface area contributed by atoms with Crippen LogP contribution in [-0.4, -0.2) is 36.7 Å². The first kappa shape index (κ1) is 17.1.